The minimum Gasteiger partial charge on any atom is -0.504 e. The Morgan fingerprint density at radius 2 is 1.94 bits per heavy atom. The van der Waals surface area contributed by atoms with Crippen LogP contribution in [0.4, 0.5) is 0 Å². The maximum Gasteiger partial charge on any atom is 0.250 e. The van der Waals surface area contributed by atoms with Crippen molar-refractivity contribution in [2.24, 2.45) is 5.10 Å². The number of hydrogen-bond acceptors (Lipinski definition) is 9. The Bertz CT molecular complexity index is 1160. The van der Waals surface area contributed by atoms with Gasteiger partial charge in [-0.2, -0.15) is 5.10 Å². The Morgan fingerprint density at radius 3 is 2.65 bits per heavy atom. The van der Waals surface area contributed by atoms with Crippen molar-refractivity contribution in [3.05, 3.63) is 42.0 Å². The van der Waals surface area contributed by atoms with Crippen LogP contribution in [0.15, 0.2) is 46.7 Å². The molecule has 0 saturated carbocycles. The van der Waals surface area contributed by atoms with E-state index in [1.165, 1.54) is 18.0 Å². The lowest BCUT2D eigenvalue weighted by atomic mass is 10.2. The molecule has 0 atom stereocenters. The van der Waals surface area contributed by atoms with Gasteiger partial charge in [-0.25, -0.2) is 5.43 Å². The Morgan fingerprint density at radius 1 is 1.15 bits per heavy atom. The van der Waals surface area contributed by atoms with Gasteiger partial charge in [0.15, 0.2) is 34.0 Å². The first-order valence-electron chi connectivity index (χ1n) is 10.6. The maximum absolute atomic E-state index is 12.3. The number of nitrogens with zero attached hydrogens (tertiary/aromatic N) is 4. The van der Waals surface area contributed by atoms with E-state index in [9.17, 15) is 9.90 Å². The molecule has 11 heteroatoms. The molecule has 180 valence electrons. The number of rotatable bonds is 11. The normalized spacial score (nSPS) is 10.9. The largest absolute Gasteiger partial charge is 0.504 e. The topological polar surface area (TPSA) is 120 Å². The minimum atomic E-state index is -0.319. The molecule has 1 heterocycles. The van der Waals surface area contributed by atoms with E-state index >= 15 is 0 Å². The number of phenols is 1. The van der Waals surface area contributed by atoms with Crippen LogP contribution in [0.5, 0.6) is 23.0 Å². The molecule has 34 heavy (non-hydrogen) atoms. The fourth-order valence-electron chi connectivity index (χ4n) is 3.12. The Balaban J connectivity index is 1.64. The van der Waals surface area contributed by atoms with Gasteiger partial charge in [-0.3, -0.25) is 4.79 Å². The number of methoxy groups -OCH3 is 2. The second-order valence-electron chi connectivity index (χ2n) is 6.83. The van der Waals surface area contributed by atoms with Gasteiger partial charge in [-0.05, 0) is 44.2 Å². The van der Waals surface area contributed by atoms with Crippen molar-refractivity contribution in [1.82, 2.24) is 20.2 Å². The molecular formula is C23H27N5O5S. The zero-order valence-corrected chi connectivity index (χ0v) is 20.3. The number of phenolic OH excluding ortho intramolecular Hbond substituents is 1. The van der Waals surface area contributed by atoms with E-state index < -0.39 is 0 Å². The van der Waals surface area contributed by atoms with Crippen LogP contribution in [-0.4, -0.2) is 58.6 Å². The molecule has 2 N–H and O–H groups in total. The third-order valence-electron chi connectivity index (χ3n) is 4.73. The average Bonchev–Trinajstić information content (AvgIpc) is 3.27. The summed E-state index contributed by atoms with van der Waals surface area (Å²) < 4.78 is 17.9. The highest BCUT2D eigenvalue weighted by Crippen LogP contribution is 2.33. The molecule has 0 aliphatic rings. The lowest BCUT2D eigenvalue weighted by Crippen LogP contribution is -2.20. The lowest BCUT2D eigenvalue weighted by Gasteiger charge is -2.10. The molecule has 1 aromatic heterocycles. The van der Waals surface area contributed by atoms with Gasteiger partial charge in [-0.1, -0.05) is 17.8 Å². The molecule has 0 bridgehead atoms. The summed E-state index contributed by atoms with van der Waals surface area (Å²) in [5.41, 5.74) is 3.71. The molecule has 0 saturated heterocycles. The SMILES string of the molecule is CCOc1cccc(C=NNC(=O)CSc2nnc(-c3ccc(OC)c(OC)c3)n2CC)c1O. The van der Waals surface area contributed by atoms with E-state index in [1.807, 2.05) is 36.6 Å². The van der Waals surface area contributed by atoms with Crippen LogP contribution in [0.25, 0.3) is 11.4 Å². The maximum atomic E-state index is 12.3. The van der Waals surface area contributed by atoms with Crippen LogP contribution >= 0.6 is 11.8 Å². The van der Waals surface area contributed by atoms with Gasteiger partial charge >= 0.3 is 0 Å². The molecule has 0 radical (unpaired) electrons. The number of thioether (sulfide) groups is 1. The number of carbonyl (C=O) groups excluding carboxylic acids is 1. The van der Waals surface area contributed by atoms with Crippen molar-refractivity contribution in [3.63, 3.8) is 0 Å². The van der Waals surface area contributed by atoms with E-state index in [4.69, 9.17) is 14.2 Å². The first-order valence-corrected chi connectivity index (χ1v) is 11.6. The summed E-state index contributed by atoms with van der Waals surface area (Å²) in [6.45, 7) is 4.85. The predicted octanol–water partition coefficient (Wildman–Crippen LogP) is 3.33. The number of nitrogens with one attached hydrogen (secondary N) is 1. The molecule has 0 fully saturated rings. The van der Waals surface area contributed by atoms with E-state index in [0.29, 0.717) is 46.9 Å². The fourth-order valence-corrected chi connectivity index (χ4v) is 3.92. The predicted molar refractivity (Wildman–Crippen MR) is 130 cm³/mol. The van der Waals surface area contributed by atoms with Crippen LogP contribution in [-0.2, 0) is 11.3 Å². The standard InChI is InChI=1S/C23H27N5O5S/c1-5-28-22(15-10-11-17(31-3)19(12-15)32-4)26-27-23(28)34-14-20(29)25-24-13-16-8-7-9-18(21(16)30)33-6-2/h7-13,30H,5-6,14H2,1-4H3,(H,25,29). The molecule has 1 amide bonds. The van der Waals surface area contributed by atoms with Crippen molar-refractivity contribution in [3.8, 4) is 34.4 Å². The summed E-state index contributed by atoms with van der Waals surface area (Å²) >= 11 is 1.25. The average molecular weight is 486 g/mol. The van der Waals surface area contributed by atoms with E-state index in [1.54, 1.807) is 32.4 Å². The zero-order valence-electron chi connectivity index (χ0n) is 19.4. The number of hydrogen-bond donors (Lipinski definition) is 2. The van der Waals surface area contributed by atoms with Crippen LogP contribution in [0.3, 0.4) is 0 Å². The first-order chi connectivity index (χ1) is 16.5. The van der Waals surface area contributed by atoms with Gasteiger partial charge in [0.25, 0.3) is 5.91 Å². The molecule has 0 aliphatic heterocycles. The molecule has 0 spiro atoms. The summed E-state index contributed by atoms with van der Waals surface area (Å²) in [4.78, 5) is 12.3. The Hall–Kier alpha value is -3.73. The number of benzene rings is 2. The molecule has 0 unspecified atom stereocenters. The number of aromatic hydroxyl groups is 1. The van der Waals surface area contributed by atoms with E-state index in [-0.39, 0.29) is 17.4 Å². The first kappa shape index (κ1) is 24.9. The van der Waals surface area contributed by atoms with Crippen LogP contribution in [0.2, 0.25) is 0 Å². The number of amides is 1. The van der Waals surface area contributed by atoms with Crippen molar-refractivity contribution in [2.45, 2.75) is 25.5 Å². The fraction of sp³-hybridized carbons (Fsp3) is 0.304. The second kappa shape index (κ2) is 11.9. The highest BCUT2D eigenvalue weighted by molar-refractivity contribution is 7.99. The summed E-state index contributed by atoms with van der Waals surface area (Å²) in [7, 11) is 3.15. The van der Waals surface area contributed by atoms with Crippen LogP contribution in [0, 0.1) is 0 Å². The summed E-state index contributed by atoms with van der Waals surface area (Å²) in [6.07, 6.45) is 1.37. The number of hydrazone groups is 1. The van der Waals surface area contributed by atoms with Gasteiger partial charge in [0.2, 0.25) is 0 Å². The second-order valence-corrected chi connectivity index (χ2v) is 7.77. The van der Waals surface area contributed by atoms with Crippen LogP contribution < -0.4 is 19.6 Å². The summed E-state index contributed by atoms with van der Waals surface area (Å²) in [5.74, 6) is 1.97. The van der Waals surface area contributed by atoms with Crippen LogP contribution in [0.1, 0.15) is 19.4 Å². The minimum absolute atomic E-state index is 0.0320. The Labute approximate surface area is 201 Å². The number of ether oxygens (including phenoxy) is 3. The van der Waals surface area contributed by atoms with Gasteiger partial charge in [-0.15, -0.1) is 10.2 Å². The third-order valence-corrected chi connectivity index (χ3v) is 5.70. The molecular weight excluding hydrogens is 458 g/mol. The number of aromatic nitrogens is 3. The quantitative estimate of drug-likeness (QED) is 0.241. The zero-order chi connectivity index (χ0) is 24.5. The molecule has 3 aromatic rings. The van der Waals surface area contributed by atoms with Crippen molar-refractivity contribution >= 4 is 23.9 Å². The van der Waals surface area contributed by atoms with E-state index in [2.05, 4.69) is 20.7 Å². The van der Waals surface area contributed by atoms with Crippen molar-refractivity contribution in [2.75, 3.05) is 26.6 Å². The lowest BCUT2D eigenvalue weighted by molar-refractivity contribution is -0.118. The monoisotopic (exact) mass is 485 g/mol. The van der Waals surface area contributed by atoms with Crippen molar-refractivity contribution < 1.29 is 24.1 Å². The highest BCUT2D eigenvalue weighted by Gasteiger charge is 2.16. The molecule has 10 nitrogen and oxygen atoms in total. The molecule has 2 aromatic carbocycles. The highest BCUT2D eigenvalue weighted by atomic mass is 32.2. The molecule has 3 rings (SSSR count). The number of carbonyl (C=O) groups is 1. The van der Waals surface area contributed by atoms with Gasteiger partial charge in [0.1, 0.15) is 0 Å². The van der Waals surface area contributed by atoms with Gasteiger partial charge in [0.05, 0.1) is 32.8 Å². The van der Waals surface area contributed by atoms with E-state index in [0.717, 1.165) is 5.56 Å². The summed E-state index contributed by atoms with van der Waals surface area (Å²) in [5, 5.41) is 23.3. The number of para-hydroxylation sites is 1. The van der Waals surface area contributed by atoms with Crippen molar-refractivity contribution in [1.29, 1.82) is 0 Å². The third kappa shape index (κ3) is 5.79. The Kier molecular flexibility index (Phi) is 8.74. The smallest absolute Gasteiger partial charge is 0.250 e. The van der Waals surface area contributed by atoms with Gasteiger partial charge < -0.3 is 23.9 Å². The molecule has 0 aliphatic carbocycles. The summed E-state index contributed by atoms with van der Waals surface area (Å²) in [6, 6.07) is 10.6. The van der Waals surface area contributed by atoms with Gasteiger partial charge in [0, 0.05) is 17.7 Å².